The van der Waals surface area contributed by atoms with Gasteiger partial charge in [0.25, 0.3) is 0 Å². The van der Waals surface area contributed by atoms with E-state index >= 15 is 0 Å². The lowest BCUT2D eigenvalue weighted by Gasteiger charge is -2.17. The third-order valence-electron chi connectivity index (χ3n) is 3.07. The predicted molar refractivity (Wildman–Crippen MR) is 90.8 cm³/mol. The zero-order valence-corrected chi connectivity index (χ0v) is 15.2. The Balaban J connectivity index is 2.53. The summed E-state index contributed by atoms with van der Waals surface area (Å²) in [6, 6.07) is 9.99. The molecule has 100 valence electrons. The second-order valence-corrected chi connectivity index (χ2v) is 7.02. The number of hydrogen-bond acceptors (Lipinski definition) is 0. The van der Waals surface area contributed by atoms with Gasteiger partial charge in [-0.05, 0) is 48.2 Å². The van der Waals surface area contributed by atoms with Gasteiger partial charge in [0, 0.05) is 4.47 Å². The van der Waals surface area contributed by atoms with Gasteiger partial charge in [0.1, 0.15) is 0 Å². The van der Waals surface area contributed by atoms with E-state index in [1.54, 1.807) is 6.07 Å². The highest BCUT2D eigenvalue weighted by Gasteiger charge is 2.18. The van der Waals surface area contributed by atoms with E-state index in [1.807, 2.05) is 12.1 Å². The molecule has 0 aliphatic heterocycles. The molecule has 2 aromatic rings. The van der Waals surface area contributed by atoms with Crippen LogP contribution in [0.3, 0.4) is 0 Å². The molecule has 0 N–H and O–H groups in total. The number of benzene rings is 2. The van der Waals surface area contributed by atoms with Gasteiger partial charge in [0.15, 0.2) is 0 Å². The number of halogens is 4. The molecule has 0 aromatic heterocycles. The maximum atomic E-state index is 6.29. The van der Waals surface area contributed by atoms with Gasteiger partial charge in [0.05, 0.1) is 14.9 Å². The first-order valence-electron chi connectivity index (χ1n) is 5.76. The molecule has 0 aliphatic carbocycles. The molecule has 19 heavy (non-hydrogen) atoms. The zero-order valence-electron chi connectivity index (χ0n) is 10.5. The summed E-state index contributed by atoms with van der Waals surface area (Å²) < 4.78 is 1.12. The van der Waals surface area contributed by atoms with Gasteiger partial charge in [-0.25, -0.2) is 0 Å². The average molecular weight is 423 g/mol. The molecule has 1 atom stereocenters. The van der Waals surface area contributed by atoms with E-state index in [2.05, 4.69) is 57.8 Å². The number of rotatable bonds is 2. The monoisotopic (exact) mass is 420 g/mol. The van der Waals surface area contributed by atoms with Crippen molar-refractivity contribution in [1.29, 1.82) is 0 Å². The van der Waals surface area contributed by atoms with Gasteiger partial charge < -0.3 is 0 Å². The van der Waals surface area contributed by atoms with Gasteiger partial charge in [-0.2, -0.15) is 0 Å². The van der Waals surface area contributed by atoms with E-state index in [0.29, 0.717) is 10.0 Å². The van der Waals surface area contributed by atoms with Crippen molar-refractivity contribution in [3.63, 3.8) is 0 Å². The lowest BCUT2D eigenvalue weighted by atomic mass is 9.98. The Hall–Kier alpha value is -0.0200. The van der Waals surface area contributed by atoms with Crippen LogP contribution in [-0.2, 0) is 0 Å². The number of alkyl halides is 1. The highest BCUT2D eigenvalue weighted by atomic mass is 79.9. The summed E-state index contributed by atoms with van der Waals surface area (Å²) in [5.74, 6) is 0. The fraction of sp³-hybridized carbons (Fsp3) is 0.200. The van der Waals surface area contributed by atoms with Crippen LogP contribution in [0.15, 0.2) is 34.8 Å². The Labute approximate surface area is 140 Å². The lowest BCUT2D eigenvalue weighted by Crippen LogP contribution is -1.98. The summed E-state index contributed by atoms with van der Waals surface area (Å²) in [6.45, 7) is 4.17. The summed E-state index contributed by atoms with van der Waals surface area (Å²) in [4.78, 5) is 0.0329. The van der Waals surface area contributed by atoms with Crippen molar-refractivity contribution in [2.75, 3.05) is 0 Å². The molecule has 0 bridgehead atoms. The van der Waals surface area contributed by atoms with Crippen LogP contribution in [-0.4, -0.2) is 0 Å². The van der Waals surface area contributed by atoms with Gasteiger partial charge in [-0.3, -0.25) is 0 Å². The average Bonchev–Trinajstić information content (AvgIpc) is 2.36. The Kier molecular flexibility index (Phi) is 4.99. The molecule has 0 saturated heterocycles. The molecule has 1 unspecified atom stereocenters. The van der Waals surface area contributed by atoms with Crippen molar-refractivity contribution in [3.05, 3.63) is 67.1 Å². The fourth-order valence-corrected chi connectivity index (χ4v) is 3.84. The lowest BCUT2D eigenvalue weighted by molar-refractivity contribution is 1.13. The van der Waals surface area contributed by atoms with Crippen LogP contribution < -0.4 is 0 Å². The molecule has 0 radical (unpaired) electrons. The molecule has 4 heteroatoms. The molecule has 0 nitrogen and oxygen atoms in total. The van der Waals surface area contributed by atoms with Crippen LogP contribution in [0.25, 0.3) is 0 Å². The first-order valence-corrected chi connectivity index (χ1v) is 8.23. The summed E-state index contributed by atoms with van der Waals surface area (Å²) in [7, 11) is 0. The maximum absolute atomic E-state index is 6.29. The zero-order chi connectivity index (χ0) is 14.2. The molecule has 0 saturated carbocycles. The van der Waals surface area contributed by atoms with Crippen molar-refractivity contribution < 1.29 is 0 Å². The largest absolute Gasteiger partial charge is 0.0827 e. The quantitative estimate of drug-likeness (QED) is 0.464. The molecule has 0 aliphatic rings. The summed E-state index contributed by atoms with van der Waals surface area (Å²) >= 11 is 19.7. The van der Waals surface area contributed by atoms with E-state index < -0.39 is 0 Å². The van der Waals surface area contributed by atoms with Gasteiger partial charge in [-0.15, -0.1) is 0 Å². The van der Waals surface area contributed by atoms with E-state index in [9.17, 15) is 0 Å². The number of aryl methyl sites for hydroxylation is 2. The molecule has 2 aromatic carbocycles. The van der Waals surface area contributed by atoms with Crippen LogP contribution in [0.5, 0.6) is 0 Å². The first kappa shape index (κ1) is 15.4. The van der Waals surface area contributed by atoms with Gasteiger partial charge >= 0.3 is 0 Å². The van der Waals surface area contributed by atoms with Crippen LogP contribution in [0.2, 0.25) is 10.0 Å². The standard InChI is InChI=1S/C15H12Br2Cl2/c1-8-7-12(16)9(2)6-11(8)14(17)10-4-3-5-13(18)15(10)19/h3-7,14H,1-2H3. The Morgan fingerprint density at radius 2 is 1.68 bits per heavy atom. The highest BCUT2D eigenvalue weighted by Crippen LogP contribution is 2.40. The van der Waals surface area contributed by atoms with Crippen LogP contribution in [0, 0.1) is 13.8 Å². The van der Waals surface area contributed by atoms with E-state index in [4.69, 9.17) is 23.2 Å². The molecule has 0 spiro atoms. The maximum Gasteiger partial charge on any atom is 0.0662 e. The van der Waals surface area contributed by atoms with E-state index in [1.165, 1.54) is 16.7 Å². The summed E-state index contributed by atoms with van der Waals surface area (Å²) in [6.07, 6.45) is 0. The van der Waals surface area contributed by atoms with Crippen LogP contribution in [0.1, 0.15) is 27.1 Å². The van der Waals surface area contributed by atoms with Gasteiger partial charge in [-0.1, -0.05) is 73.3 Å². The number of hydrogen-bond donors (Lipinski definition) is 0. The molecule has 2 rings (SSSR count). The summed E-state index contributed by atoms with van der Waals surface area (Å²) in [5, 5.41) is 1.18. The Morgan fingerprint density at radius 3 is 2.37 bits per heavy atom. The Morgan fingerprint density at radius 1 is 1.00 bits per heavy atom. The van der Waals surface area contributed by atoms with Crippen molar-refractivity contribution in [3.8, 4) is 0 Å². The minimum absolute atomic E-state index is 0.0329. The summed E-state index contributed by atoms with van der Waals surface area (Å²) in [5.41, 5.74) is 4.59. The third kappa shape index (κ3) is 3.18. The molecular weight excluding hydrogens is 411 g/mol. The fourth-order valence-electron chi connectivity index (χ4n) is 1.96. The first-order chi connectivity index (χ1) is 8.91. The second kappa shape index (κ2) is 6.17. The van der Waals surface area contributed by atoms with E-state index in [-0.39, 0.29) is 4.83 Å². The normalized spacial score (nSPS) is 12.5. The Bertz CT molecular complexity index is 624. The highest BCUT2D eigenvalue weighted by molar-refractivity contribution is 9.10. The minimum atomic E-state index is 0.0329. The predicted octanol–water partition coefficient (Wildman–Crippen LogP) is 6.86. The third-order valence-corrected chi connectivity index (χ3v) is 5.75. The molecule has 0 fully saturated rings. The SMILES string of the molecule is Cc1cc(C(Br)c2cccc(Cl)c2Cl)c(C)cc1Br. The minimum Gasteiger partial charge on any atom is -0.0827 e. The van der Waals surface area contributed by atoms with Crippen molar-refractivity contribution in [1.82, 2.24) is 0 Å². The van der Waals surface area contributed by atoms with Crippen molar-refractivity contribution in [2.24, 2.45) is 0 Å². The van der Waals surface area contributed by atoms with Crippen LogP contribution >= 0.6 is 55.1 Å². The smallest absolute Gasteiger partial charge is 0.0662 e. The molecule has 0 heterocycles. The van der Waals surface area contributed by atoms with Crippen LogP contribution in [0.4, 0.5) is 0 Å². The second-order valence-electron chi connectivity index (χ2n) is 4.46. The van der Waals surface area contributed by atoms with Crippen molar-refractivity contribution in [2.45, 2.75) is 18.7 Å². The van der Waals surface area contributed by atoms with Gasteiger partial charge in [0.2, 0.25) is 0 Å². The topological polar surface area (TPSA) is 0 Å². The molecule has 0 amide bonds. The molecular formula is C15H12Br2Cl2. The van der Waals surface area contributed by atoms with Crippen molar-refractivity contribution >= 4 is 55.1 Å². The van der Waals surface area contributed by atoms with E-state index in [0.717, 1.165) is 10.0 Å².